The third-order valence-corrected chi connectivity index (χ3v) is 4.51. The molecule has 0 saturated carbocycles. The summed E-state index contributed by atoms with van der Waals surface area (Å²) in [6, 6.07) is 8.18. The van der Waals surface area contributed by atoms with E-state index in [1.807, 2.05) is 0 Å². The molecular weight excluding hydrogens is 392 g/mol. The van der Waals surface area contributed by atoms with Crippen LogP contribution >= 0.6 is 0 Å². The Balaban J connectivity index is 1.91. The lowest BCUT2D eigenvalue weighted by Crippen LogP contribution is -2.24. The van der Waals surface area contributed by atoms with Crippen molar-refractivity contribution in [1.29, 1.82) is 0 Å². The lowest BCUT2D eigenvalue weighted by molar-refractivity contribution is -0.147. The van der Waals surface area contributed by atoms with Gasteiger partial charge in [-0.05, 0) is 37.3 Å². The molecule has 8 nitrogen and oxygen atoms in total. The van der Waals surface area contributed by atoms with Gasteiger partial charge in [-0.15, -0.1) is 0 Å². The molecule has 0 spiro atoms. The predicted molar refractivity (Wildman–Crippen MR) is 108 cm³/mol. The van der Waals surface area contributed by atoms with Gasteiger partial charge in [0.25, 0.3) is 0 Å². The number of Topliss-reactive ketones (excluding diaryl/α,β-unsaturated/α-hetero) is 1. The maximum absolute atomic E-state index is 12.8. The summed E-state index contributed by atoms with van der Waals surface area (Å²) in [4.78, 5) is 24.3. The summed E-state index contributed by atoms with van der Waals surface area (Å²) in [5.74, 6) is 1.36. The zero-order valence-electron chi connectivity index (χ0n) is 17.3. The Morgan fingerprint density at radius 3 is 2.37 bits per heavy atom. The number of hydrogen-bond donors (Lipinski definition) is 0. The zero-order valence-corrected chi connectivity index (χ0v) is 17.3. The van der Waals surface area contributed by atoms with E-state index in [1.165, 1.54) is 28.4 Å². The van der Waals surface area contributed by atoms with Crippen LogP contribution in [0, 0.1) is 0 Å². The molecular formula is C22H22O8. The van der Waals surface area contributed by atoms with Crippen molar-refractivity contribution in [2.45, 2.75) is 13.0 Å². The van der Waals surface area contributed by atoms with Gasteiger partial charge in [-0.3, -0.25) is 4.79 Å². The van der Waals surface area contributed by atoms with Crippen LogP contribution in [0.2, 0.25) is 0 Å². The van der Waals surface area contributed by atoms with Gasteiger partial charge >= 0.3 is 5.97 Å². The van der Waals surface area contributed by atoms with Crippen molar-refractivity contribution in [3.05, 3.63) is 47.2 Å². The van der Waals surface area contributed by atoms with E-state index in [0.717, 1.165) is 0 Å². The third-order valence-electron chi connectivity index (χ3n) is 4.51. The number of ketones is 1. The molecule has 1 aliphatic heterocycles. The Kier molecular flexibility index (Phi) is 6.15. The fourth-order valence-electron chi connectivity index (χ4n) is 3.04. The molecule has 0 aromatic heterocycles. The van der Waals surface area contributed by atoms with Crippen LogP contribution in [0.25, 0.3) is 6.08 Å². The normalized spacial score (nSPS) is 14.6. The van der Waals surface area contributed by atoms with E-state index in [9.17, 15) is 9.59 Å². The van der Waals surface area contributed by atoms with E-state index < -0.39 is 12.1 Å². The molecule has 0 radical (unpaired) electrons. The summed E-state index contributed by atoms with van der Waals surface area (Å²) in [7, 11) is 5.81. The highest BCUT2D eigenvalue weighted by atomic mass is 16.6. The quantitative estimate of drug-likeness (QED) is 0.504. The van der Waals surface area contributed by atoms with Gasteiger partial charge in [0, 0.05) is 11.6 Å². The predicted octanol–water partition coefficient (Wildman–Crippen LogP) is 3.27. The highest BCUT2D eigenvalue weighted by Gasteiger charge is 2.29. The van der Waals surface area contributed by atoms with E-state index in [4.69, 9.17) is 23.7 Å². The van der Waals surface area contributed by atoms with Crippen LogP contribution < -0.4 is 23.7 Å². The van der Waals surface area contributed by atoms with Crippen LogP contribution in [0.3, 0.4) is 0 Å². The molecule has 158 valence electrons. The van der Waals surface area contributed by atoms with Gasteiger partial charge < -0.3 is 28.4 Å². The maximum Gasteiger partial charge on any atom is 0.346 e. The van der Waals surface area contributed by atoms with Gasteiger partial charge in [-0.2, -0.15) is 0 Å². The summed E-state index contributed by atoms with van der Waals surface area (Å²) >= 11 is 0. The van der Waals surface area contributed by atoms with Crippen molar-refractivity contribution < 1.29 is 38.0 Å². The topological polar surface area (TPSA) is 89.5 Å². The molecule has 8 heteroatoms. The second-order valence-corrected chi connectivity index (χ2v) is 6.30. The van der Waals surface area contributed by atoms with E-state index in [-0.39, 0.29) is 11.5 Å². The van der Waals surface area contributed by atoms with E-state index >= 15 is 0 Å². The highest BCUT2D eigenvalue weighted by molar-refractivity contribution is 6.14. The fraction of sp³-hybridized carbons (Fsp3) is 0.273. The number of esters is 1. The van der Waals surface area contributed by atoms with E-state index in [0.29, 0.717) is 39.9 Å². The molecule has 2 aromatic carbocycles. The summed E-state index contributed by atoms with van der Waals surface area (Å²) < 4.78 is 32.0. The summed E-state index contributed by atoms with van der Waals surface area (Å²) in [6.07, 6.45) is 0.775. The van der Waals surface area contributed by atoms with Crippen LogP contribution in [0.5, 0.6) is 28.7 Å². The Labute approximate surface area is 173 Å². The number of ether oxygens (including phenoxy) is 6. The van der Waals surface area contributed by atoms with Gasteiger partial charge in [0.05, 0.1) is 34.0 Å². The maximum atomic E-state index is 12.8. The van der Waals surface area contributed by atoms with Crippen LogP contribution in [0.1, 0.15) is 22.8 Å². The molecule has 0 fully saturated rings. The average Bonchev–Trinajstić information content (AvgIpc) is 3.06. The van der Waals surface area contributed by atoms with Crippen LogP contribution in [-0.4, -0.2) is 46.3 Å². The molecule has 1 heterocycles. The lowest BCUT2D eigenvalue weighted by atomic mass is 10.1. The number of rotatable bonds is 7. The molecule has 3 rings (SSSR count). The first-order valence-corrected chi connectivity index (χ1v) is 9.05. The number of carbonyl (C=O) groups is 2. The van der Waals surface area contributed by atoms with Crippen LogP contribution in [-0.2, 0) is 9.53 Å². The number of fused-ring (bicyclic) bond motifs is 1. The molecule has 0 N–H and O–H groups in total. The van der Waals surface area contributed by atoms with Crippen molar-refractivity contribution in [3.63, 3.8) is 0 Å². The zero-order chi connectivity index (χ0) is 21.8. The second-order valence-electron chi connectivity index (χ2n) is 6.30. The monoisotopic (exact) mass is 414 g/mol. The number of benzene rings is 2. The van der Waals surface area contributed by atoms with Gasteiger partial charge in [-0.1, -0.05) is 0 Å². The lowest BCUT2D eigenvalue weighted by Gasteiger charge is -2.14. The molecule has 0 saturated heterocycles. The van der Waals surface area contributed by atoms with Crippen molar-refractivity contribution in [1.82, 2.24) is 0 Å². The molecule has 30 heavy (non-hydrogen) atoms. The van der Waals surface area contributed by atoms with Crippen molar-refractivity contribution in [2.24, 2.45) is 0 Å². The van der Waals surface area contributed by atoms with Gasteiger partial charge in [0.15, 0.2) is 23.4 Å². The SMILES string of the molecule is COC(=O)[C@@H](C)Oc1ccc2c(c1)O/C(=C\c1ccc(OC)c(OC)c1OC)C2=O. The first-order valence-electron chi connectivity index (χ1n) is 9.05. The minimum atomic E-state index is -0.795. The molecule has 0 unspecified atom stereocenters. The summed E-state index contributed by atoms with van der Waals surface area (Å²) in [5.41, 5.74) is 0.973. The minimum Gasteiger partial charge on any atom is -0.493 e. The Morgan fingerprint density at radius 1 is 1.00 bits per heavy atom. The first-order chi connectivity index (χ1) is 14.4. The highest BCUT2D eigenvalue weighted by Crippen LogP contribution is 2.42. The molecule has 0 amide bonds. The van der Waals surface area contributed by atoms with Crippen molar-refractivity contribution in [3.8, 4) is 28.7 Å². The van der Waals surface area contributed by atoms with E-state index in [1.54, 1.807) is 43.3 Å². The summed E-state index contributed by atoms with van der Waals surface area (Å²) in [5, 5.41) is 0. The molecule has 1 aliphatic rings. The van der Waals surface area contributed by atoms with Gasteiger partial charge in [0.2, 0.25) is 11.5 Å². The van der Waals surface area contributed by atoms with Crippen molar-refractivity contribution >= 4 is 17.8 Å². The van der Waals surface area contributed by atoms with Gasteiger partial charge in [-0.25, -0.2) is 4.79 Å². The molecule has 1 atom stereocenters. The first kappa shape index (κ1) is 21.0. The Morgan fingerprint density at radius 2 is 1.73 bits per heavy atom. The average molecular weight is 414 g/mol. The number of methoxy groups -OCH3 is 4. The smallest absolute Gasteiger partial charge is 0.346 e. The molecule has 0 aliphatic carbocycles. The minimum absolute atomic E-state index is 0.119. The second kappa shape index (κ2) is 8.77. The fourth-order valence-corrected chi connectivity index (χ4v) is 3.04. The number of carbonyl (C=O) groups excluding carboxylic acids is 2. The molecule has 2 aromatic rings. The molecule has 0 bridgehead atoms. The summed E-state index contributed by atoms with van der Waals surface area (Å²) in [6.45, 7) is 1.57. The Bertz CT molecular complexity index is 1010. The number of hydrogen-bond acceptors (Lipinski definition) is 8. The third kappa shape index (κ3) is 3.89. The van der Waals surface area contributed by atoms with Crippen LogP contribution in [0.15, 0.2) is 36.1 Å². The largest absolute Gasteiger partial charge is 0.493 e. The standard InChI is InChI=1S/C22H22O8/c1-12(22(24)28-5)29-14-7-8-15-17(11-14)30-18(19(15)23)10-13-6-9-16(25-2)21(27-4)20(13)26-3/h6-12H,1-5H3/b18-10-/t12-/m1/s1. The number of allylic oxidation sites excluding steroid dienone is 1. The van der Waals surface area contributed by atoms with Crippen molar-refractivity contribution in [2.75, 3.05) is 28.4 Å². The van der Waals surface area contributed by atoms with Gasteiger partial charge in [0.1, 0.15) is 11.5 Å². The van der Waals surface area contributed by atoms with E-state index in [2.05, 4.69) is 4.74 Å². The van der Waals surface area contributed by atoms with Crippen LogP contribution in [0.4, 0.5) is 0 Å². The Hall–Kier alpha value is -3.68.